The van der Waals surface area contributed by atoms with Crippen molar-refractivity contribution in [3.8, 4) is 0 Å². The quantitative estimate of drug-likeness (QED) is 0.627. The Hall–Kier alpha value is -1.15. The normalized spacial score (nSPS) is 13.5. The number of ether oxygens (including phenoxy) is 1. The summed E-state index contributed by atoms with van der Waals surface area (Å²) in [6.45, 7) is 1.25. The van der Waals surface area contributed by atoms with Crippen molar-refractivity contribution in [3.63, 3.8) is 0 Å². The van der Waals surface area contributed by atoms with E-state index in [0.717, 1.165) is 18.5 Å². The molecule has 0 aromatic rings. The first-order chi connectivity index (χ1) is 7.22. The summed E-state index contributed by atoms with van der Waals surface area (Å²) >= 11 is 0. The maximum Gasteiger partial charge on any atom is 0.321 e. The van der Waals surface area contributed by atoms with Crippen molar-refractivity contribution in [2.24, 2.45) is 0 Å². The Kier molecular flexibility index (Phi) is 5.39. The number of esters is 1. The van der Waals surface area contributed by atoms with E-state index in [1.807, 2.05) is 0 Å². The molecule has 94 valence electrons. The van der Waals surface area contributed by atoms with Gasteiger partial charge in [-0.05, 0) is 6.92 Å². The van der Waals surface area contributed by atoms with Crippen LogP contribution in [0.15, 0.2) is 0 Å². The molecule has 0 saturated carbocycles. The van der Waals surface area contributed by atoms with E-state index in [1.165, 1.54) is 6.92 Å². The van der Waals surface area contributed by atoms with Crippen LogP contribution < -0.4 is 0 Å². The molecule has 0 aliphatic carbocycles. The molecule has 8 heteroatoms. The molecule has 0 radical (unpaired) electrons. The summed E-state index contributed by atoms with van der Waals surface area (Å²) in [5.41, 5.74) is 0. The van der Waals surface area contributed by atoms with Crippen LogP contribution in [0, 0.1) is 0 Å². The zero-order valence-corrected chi connectivity index (χ0v) is 10.2. The lowest BCUT2D eigenvalue weighted by Crippen LogP contribution is -2.41. The molecular formula is C8H15NO6S. The highest BCUT2D eigenvalue weighted by Crippen LogP contribution is 2.06. The molecule has 0 bridgehead atoms. The summed E-state index contributed by atoms with van der Waals surface area (Å²) in [4.78, 5) is 21.3. The van der Waals surface area contributed by atoms with E-state index in [1.54, 1.807) is 0 Å². The third-order valence-corrected chi connectivity index (χ3v) is 4.05. The number of carbonyl (C=O) groups is 2. The summed E-state index contributed by atoms with van der Waals surface area (Å²) in [5.74, 6) is -2.36. The van der Waals surface area contributed by atoms with E-state index >= 15 is 0 Å². The highest BCUT2D eigenvalue weighted by atomic mass is 32.2. The van der Waals surface area contributed by atoms with Gasteiger partial charge in [0.05, 0.1) is 19.3 Å². The second-order valence-electron chi connectivity index (χ2n) is 3.17. The van der Waals surface area contributed by atoms with Gasteiger partial charge in [-0.3, -0.25) is 9.59 Å². The van der Waals surface area contributed by atoms with Gasteiger partial charge in [-0.2, -0.15) is 4.31 Å². The van der Waals surface area contributed by atoms with Crippen LogP contribution in [0.2, 0.25) is 0 Å². The molecule has 1 unspecified atom stereocenters. The molecule has 0 heterocycles. The number of aliphatic carboxylic acids is 1. The summed E-state index contributed by atoms with van der Waals surface area (Å²) < 4.78 is 28.1. The topological polar surface area (TPSA) is 101 Å². The van der Waals surface area contributed by atoms with Gasteiger partial charge in [-0.25, -0.2) is 8.42 Å². The number of likely N-dealkylation sites (N-methyl/N-ethyl adjacent to an activating group) is 1. The van der Waals surface area contributed by atoms with Crippen LogP contribution in [0.25, 0.3) is 0 Å². The lowest BCUT2D eigenvalue weighted by Gasteiger charge is -2.20. The van der Waals surface area contributed by atoms with E-state index in [0.29, 0.717) is 0 Å². The molecule has 0 rings (SSSR count). The van der Waals surface area contributed by atoms with Crippen LogP contribution in [-0.2, 0) is 24.3 Å². The van der Waals surface area contributed by atoms with Crippen LogP contribution in [0.1, 0.15) is 13.3 Å². The average molecular weight is 253 g/mol. The number of hydrogen-bond acceptors (Lipinski definition) is 5. The van der Waals surface area contributed by atoms with E-state index in [-0.39, 0.29) is 6.42 Å². The third-order valence-electron chi connectivity index (χ3n) is 2.13. The van der Waals surface area contributed by atoms with Gasteiger partial charge < -0.3 is 9.84 Å². The van der Waals surface area contributed by atoms with Crippen molar-refractivity contribution in [2.75, 3.05) is 19.9 Å². The Morgan fingerprint density at radius 2 is 1.94 bits per heavy atom. The molecular weight excluding hydrogens is 238 g/mol. The van der Waals surface area contributed by atoms with Crippen LogP contribution in [0.3, 0.4) is 0 Å². The number of hydrogen-bond donors (Lipinski definition) is 1. The second-order valence-corrected chi connectivity index (χ2v) is 5.32. The van der Waals surface area contributed by atoms with E-state index < -0.39 is 33.8 Å². The minimum Gasteiger partial charge on any atom is -0.480 e. The summed E-state index contributed by atoms with van der Waals surface area (Å²) in [7, 11) is -1.45. The summed E-state index contributed by atoms with van der Waals surface area (Å²) in [6, 6.07) is -1.16. The lowest BCUT2D eigenvalue weighted by atomic mass is 10.4. The van der Waals surface area contributed by atoms with E-state index in [2.05, 4.69) is 4.74 Å². The number of carboxylic acid groups (broad SMARTS) is 1. The van der Waals surface area contributed by atoms with Gasteiger partial charge in [0, 0.05) is 7.05 Å². The SMILES string of the molecule is COC(=O)CCS(=O)(=O)N(C)C(C)C(=O)O. The molecule has 7 nitrogen and oxygen atoms in total. The maximum absolute atomic E-state index is 11.6. The van der Waals surface area contributed by atoms with Crippen molar-refractivity contribution in [3.05, 3.63) is 0 Å². The van der Waals surface area contributed by atoms with Gasteiger partial charge in [0.25, 0.3) is 0 Å². The zero-order chi connectivity index (χ0) is 12.9. The number of rotatable bonds is 6. The van der Waals surface area contributed by atoms with E-state index in [4.69, 9.17) is 5.11 Å². The smallest absolute Gasteiger partial charge is 0.321 e. The van der Waals surface area contributed by atoms with Crippen LogP contribution in [0.5, 0.6) is 0 Å². The van der Waals surface area contributed by atoms with Crippen molar-refractivity contribution in [1.29, 1.82) is 0 Å². The average Bonchev–Trinajstić information content (AvgIpc) is 2.23. The van der Waals surface area contributed by atoms with Gasteiger partial charge in [0.2, 0.25) is 10.0 Å². The lowest BCUT2D eigenvalue weighted by molar-refractivity contribution is -0.140. The maximum atomic E-state index is 11.6. The number of carbonyl (C=O) groups excluding carboxylic acids is 1. The number of carboxylic acids is 1. The van der Waals surface area contributed by atoms with Crippen LogP contribution >= 0.6 is 0 Å². The molecule has 0 aliphatic heterocycles. The Balaban J connectivity index is 4.55. The molecule has 16 heavy (non-hydrogen) atoms. The van der Waals surface area contributed by atoms with Crippen molar-refractivity contribution in [2.45, 2.75) is 19.4 Å². The van der Waals surface area contributed by atoms with Gasteiger partial charge >= 0.3 is 11.9 Å². The van der Waals surface area contributed by atoms with Crippen molar-refractivity contribution >= 4 is 22.0 Å². The predicted octanol–water partition coefficient (Wildman–Crippen LogP) is -0.716. The largest absolute Gasteiger partial charge is 0.480 e. The summed E-state index contributed by atoms with van der Waals surface area (Å²) in [6.07, 6.45) is -0.296. The molecule has 0 spiro atoms. The van der Waals surface area contributed by atoms with Crippen LogP contribution in [-0.4, -0.2) is 55.7 Å². The first-order valence-electron chi connectivity index (χ1n) is 4.47. The highest BCUT2D eigenvalue weighted by molar-refractivity contribution is 7.89. The Labute approximate surface area is 94.0 Å². The Morgan fingerprint density at radius 3 is 2.31 bits per heavy atom. The molecule has 1 N–H and O–H groups in total. The third kappa shape index (κ3) is 4.15. The Bertz CT molecular complexity index is 363. The first kappa shape index (κ1) is 14.8. The molecule has 0 aromatic heterocycles. The van der Waals surface area contributed by atoms with Gasteiger partial charge in [0.15, 0.2) is 0 Å². The molecule has 0 aromatic carbocycles. The van der Waals surface area contributed by atoms with Gasteiger partial charge in [-0.1, -0.05) is 0 Å². The minimum atomic E-state index is -3.76. The molecule has 0 amide bonds. The van der Waals surface area contributed by atoms with Crippen LogP contribution in [0.4, 0.5) is 0 Å². The highest BCUT2D eigenvalue weighted by Gasteiger charge is 2.28. The Morgan fingerprint density at radius 1 is 1.44 bits per heavy atom. The van der Waals surface area contributed by atoms with E-state index in [9.17, 15) is 18.0 Å². The van der Waals surface area contributed by atoms with Gasteiger partial charge in [0.1, 0.15) is 6.04 Å². The fourth-order valence-electron chi connectivity index (χ4n) is 0.855. The minimum absolute atomic E-state index is 0.296. The standard InChI is InChI=1S/C8H15NO6S/c1-6(8(11)12)9(2)16(13,14)5-4-7(10)15-3/h6H,4-5H2,1-3H3,(H,11,12). The zero-order valence-electron chi connectivity index (χ0n) is 9.34. The predicted molar refractivity (Wildman–Crippen MR) is 55.3 cm³/mol. The number of sulfonamides is 1. The van der Waals surface area contributed by atoms with Gasteiger partial charge in [-0.15, -0.1) is 0 Å². The van der Waals surface area contributed by atoms with Crippen molar-refractivity contribution < 1.29 is 27.9 Å². The number of nitrogens with zero attached hydrogens (tertiary/aromatic N) is 1. The fraction of sp³-hybridized carbons (Fsp3) is 0.750. The molecule has 0 saturated heterocycles. The second kappa shape index (κ2) is 5.80. The first-order valence-corrected chi connectivity index (χ1v) is 6.08. The fourth-order valence-corrected chi connectivity index (χ4v) is 2.14. The van der Waals surface area contributed by atoms with Crippen molar-refractivity contribution in [1.82, 2.24) is 4.31 Å². The molecule has 0 aliphatic rings. The summed E-state index contributed by atoms with van der Waals surface area (Å²) in [5, 5.41) is 8.64. The molecule has 0 fully saturated rings. The molecule has 1 atom stereocenters. The monoisotopic (exact) mass is 253 g/mol. The number of methoxy groups -OCH3 is 1.